The molecular weight excluding hydrogens is 330 g/mol. The third kappa shape index (κ3) is 2.56. The first-order chi connectivity index (χ1) is 13.2. The number of rotatable bonds is 2. The van der Waals surface area contributed by atoms with Crippen LogP contribution in [0.3, 0.4) is 0 Å². The lowest BCUT2D eigenvalue weighted by Crippen LogP contribution is -2.01. The standard InChI is InChI=1S/C25H23NO/c1-17-21-11-5-6-12-22(21)25(19-8-3-2-4-9-19)26(17)24-13-7-10-18-14-15-20(27)16-23(18)24/h2-4,7-10,13-16,27H,5-6,11-12H2,1H3. The van der Waals surface area contributed by atoms with E-state index in [2.05, 4.69) is 60.0 Å². The third-order valence-corrected chi connectivity index (χ3v) is 5.88. The Morgan fingerprint density at radius 2 is 1.59 bits per heavy atom. The molecule has 2 heteroatoms. The van der Waals surface area contributed by atoms with Crippen LogP contribution in [0.25, 0.3) is 27.7 Å². The van der Waals surface area contributed by atoms with Crippen LogP contribution in [0.1, 0.15) is 29.7 Å². The molecule has 0 bridgehead atoms. The highest BCUT2D eigenvalue weighted by Gasteiger charge is 2.24. The van der Waals surface area contributed by atoms with Gasteiger partial charge in [0.15, 0.2) is 0 Å². The molecule has 1 aromatic heterocycles. The number of aromatic nitrogens is 1. The van der Waals surface area contributed by atoms with Crippen LogP contribution in [0.5, 0.6) is 5.75 Å². The van der Waals surface area contributed by atoms with Gasteiger partial charge in [-0.2, -0.15) is 0 Å². The fourth-order valence-electron chi connectivity index (χ4n) is 4.64. The molecule has 1 heterocycles. The number of hydrogen-bond acceptors (Lipinski definition) is 1. The summed E-state index contributed by atoms with van der Waals surface area (Å²) in [5.74, 6) is 0.311. The Morgan fingerprint density at radius 3 is 2.41 bits per heavy atom. The molecule has 4 aromatic rings. The van der Waals surface area contributed by atoms with E-state index < -0.39 is 0 Å². The Labute approximate surface area is 159 Å². The van der Waals surface area contributed by atoms with Gasteiger partial charge >= 0.3 is 0 Å². The summed E-state index contributed by atoms with van der Waals surface area (Å²) in [6.07, 6.45) is 4.82. The lowest BCUT2D eigenvalue weighted by molar-refractivity contribution is 0.476. The van der Waals surface area contributed by atoms with E-state index in [-0.39, 0.29) is 0 Å². The molecule has 0 saturated heterocycles. The molecule has 0 aliphatic heterocycles. The number of aromatic hydroxyl groups is 1. The zero-order chi connectivity index (χ0) is 18.4. The van der Waals surface area contributed by atoms with Crippen molar-refractivity contribution in [1.82, 2.24) is 4.57 Å². The number of hydrogen-bond donors (Lipinski definition) is 1. The Balaban J connectivity index is 1.88. The van der Waals surface area contributed by atoms with Crippen LogP contribution in [0.2, 0.25) is 0 Å². The summed E-state index contributed by atoms with van der Waals surface area (Å²) in [5.41, 5.74) is 8.08. The molecule has 0 atom stereocenters. The smallest absolute Gasteiger partial charge is 0.116 e. The quantitative estimate of drug-likeness (QED) is 0.457. The van der Waals surface area contributed by atoms with Crippen LogP contribution < -0.4 is 0 Å². The maximum absolute atomic E-state index is 10.1. The fourth-order valence-corrected chi connectivity index (χ4v) is 4.64. The van der Waals surface area contributed by atoms with Crippen LogP contribution in [0.15, 0.2) is 66.7 Å². The van der Waals surface area contributed by atoms with Gasteiger partial charge in [0, 0.05) is 11.1 Å². The van der Waals surface area contributed by atoms with Crippen LogP contribution in [0.4, 0.5) is 0 Å². The van der Waals surface area contributed by atoms with Crippen molar-refractivity contribution in [2.45, 2.75) is 32.6 Å². The summed E-state index contributed by atoms with van der Waals surface area (Å²) in [6, 6.07) is 22.8. The van der Waals surface area contributed by atoms with Crippen molar-refractivity contribution in [2.24, 2.45) is 0 Å². The van der Waals surface area contributed by atoms with Crippen molar-refractivity contribution in [3.63, 3.8) is 0 Å². The van der Waals surface area contributed by atoms with E-state index >= 15 is 0 Å². The summed E-state index contributed by atoms with van der Waals surface area (Å²) < 4.78 is 2.42. The molecule has 5 rings (SSSR count). The number of benzene rings is 3. The van der Waals surface area contributed by atoms with Crippen LogP contribution in [0, 0.1) is 6.92 Å². The van der Waals surface area contributed by atoms with E-state index in [9.17, 15) is 5.11 Å². The van der Waals surface area contributed by atoms with E-state index in [1.54, 1.807) is 6.07 Å². The molecule has 1 aliphatic rings. The highest BCUT2D eigenvalue weighted by Crippen LogP contribution is 2.40. The first kappa shape index (κ1) is 16.2. The Hall–Kier alpha value is -3.00. The minimum Gasteiger partial charge on any atom is -0.508 e. The minimum absolute atomic E-state index is 0.311. The molecule has 2 nitrogen and oxygen atoms in total. The molecule has 0 radical (unpaired) electrons. The van der Waals surface area contributed by atoms with Crippen LogP contribution in [-0.2, 0) is 12.8 Å². The lowest BCUT2D eigenvalue weighted by Gasteiger charge is -2.16. The number of phenolic OH excluding ortho intramolecular Hbond substituents is 1. The largest absolute Gasteiger partial charge is 0.508 e. The third-order valence-electron chi connectivity index (χ3n) is 5.88. The molecule has 0 amide bonds. The molecular formula is C25H23NO. The highest BCUT2D eigenvalue weighted by atomic mass is 16.3. The van der Waals surface area contributed by atoms with Crippen molar-refractivity contribution in [2.75, 3.05) is 0 Å². The van der Waals surface area contributed by atoms with Gasteiger partial charge in [-0.25, -0.2) is 0 Å². The number of fused-ring (bicyclic) bond motifs is 2. The van der Waals surface area contributed by atoms with E-state index in [4.69, 9.17) is 0 Å². The number of nitrogens with zero attached hydrogens (tertiary/aromatic N) is 1. The van der Waals surface area contributed by atoms with Gasteiger partial charge in [0.25, 0.3) is 0 Å². The Bertz CT molecular complexity index is 1140. The predicted octanol–water partition coefficient (Wildman–Crippen LogP) is 6.19. The molecule has 0 fully saturated rings. The zero-order valence-corrected chi connectivity index (χ0v) is 15.6. The van der Waals surface area contributed by atoms with Crippen LogP contribution >= 0.6 is 0 Å². The SMILES string of the molecule is Cc1c2c(c(-c3ccccc3)n1-c1cccc3ccc(O)cc13)CCCC2. The molecule has 0 unspecified atom stereocenters. The van der Waals surface area contributed by atoms with Crippen molar-refractivity contribution in [3.05, 3.63) is 83.6 Å². The van der Waals surface area contributed by atoms with Gasteiger partial charge < -0.3 is 9.67 Å². The van der Waals surface area contributed by atoms with Gasteiger partial charge in [-0.1, -0.05) is 48.5 Å². The highest BCUT2D eigenvalue weighted by molar-refractivity contribution is 5.92. The van der Waals surface area contributed by atoms with Gasteiger partial charge in [-0.3, -0.25) is 0 Å². The normalized spacial score (nSPS) is 13.7. The molecule has 0 spiro atoms. The average molecular weight is 353 g/mol. The van der Waals surface area contributed by atoms with Crippen molar-refractivity contribution < 1.29 is 5.11 Å². The molecule has 134 valence electrons. The maximum atomic E-state index is 10.1. The van der Waals surface area contributed by atoms with Gasteiger partial charge in [-0.15, -0.1) is 0 Å². The van der Waals surface area contributed by atoms with Crippen LogP contribution in [-0.4, -0.2) is 9.67 Å². The van der Waals surface area contributed by atoms with Gasteiger partial charge in [0.2, 0.25) is 0 Å². The second-order valence-corrected chi connectivity index (χ2v) is 7.48. The monoisotopic (exact) mass is 353 g/mol. The molecule has 3 aromatic carbocycles. The first-order valence-corrected chi connectivity index (χ1v) is 9.74. The maximum Gasteiger partial charge on any atom is 0.116 e. The summed E-state index contributed by atoms with van der Waals surface area (Å²) in [5, 5.41) is 12.3. The van der Waals surface area contributed by atoms with Crippen molar-refractivity contribution in [3.8, 4) is 22.7 Å². The Kier molecular flexibility index (Phi) is 3.78. The summed E-state index contributed by atoms with van der Waals surface area (Å²) >= 11 is 0. The Morgan fingerprint density at radius 1 is 0.815 bits per heavy atom. The van der Waals surface area contributed by atoms with Gasteiger partial charge in [0.1, 0.15) is 5.75 Å². The van der Waals surface area contributed by atoms with Crippen molar-refractivity contribution >= 4 is 10.8 Å². The van der Waals surface area contributed by atoms with E-state index in [1.165, 1.54) is 40.9 Å². The first-order valence-electron chi connectivity index (χ1n) is 9.74. The second-order valence-electron chi connectivity index (χ2n) is 7.48. The number of phenols is 1. The van der Waals surface area contributed by atoms with Gasteiger partial charge in [0.05, 0.1) is 11.4 Å². The molecule has 1 N–H and O–H groups in total. The van der Waals surface area contributed by atoms with Crippen molar-refractivity contribution in [1.29, 1.82) is 0 Å². The summed E-state index contributed by atoms with van der Waals surface area (Å²) in [7, 11) is 0. The van der Waals surface area contributed by atoms with E-state index in [0.29, 0.717) is 5.75 Å². The van der Waals surface area contributed by atoms with E-state index in [1.807, 2.05) is 12.1 Å². The predicted molar refractivity (Wildman–Crippen MR) is 112 cm³/mol. The minimum atomic E-state index is 0.311. The molecule has 0 saturated carbocycles. The second kappa shape index (κ2) is 6.31. The molecule has 27 heavy (non-hydrogen) atoms. The zero-order valence-electron chi connectivity index (χ0n) is 15.6. The average Bonchev–Trinajstić information content (AvgIpc) is 3.01. The molecule has 1 aliphatic carbocycles. The van der Waals surface area contributed by atoms with E-state index in [0.717, 1.165) is 29.3 Å². The lowest BCUT2D eigenvalue weighted by atomic mass is 9.91. The summed E-state index contributed by atoms with van der Waals surface area (Å²) in [4.78, 5) is 0. The topological polar surface area (TPSA) is 25.2 Å². The fraction of sp³-hybridized carbons (Fsp3) is 0.200. The van der Waals surface area contributed by atoms with Gasteiger partial charge in [-0.05, 0) is 72.9 Å². The summed E-state index contributed by atoms with van der Waals surface area (Å²) in [6.45, 7) is 2.25.